The molecule has 1 unspecified atom stereocenters. The Morgan fingerprint density at radius 1 is 1.09 bits per heavy atom. The third-order valence-electron chi connectivity index (χ3n) is 6.26. The zero-order valence-corrected chi connectivity index (χ0v) is 19.3. The van der Waals surface area contributed by atoms with Crippen LogP contribution < -0.4 is 15.0 Å². The Hall–Kier alpha value is -3.88. The van der Waals surface area contributed by atoms with E-state index in [1.165, 1.54) is 6.26 Å². The van der Waals surface area contributed by atoms with Crippen molar-refractivity contribution >= 4 is 29.1 Å². The summed E-state index contributed by atoms with van der Waals surface area (Å²) in [6.45, 7) is 4.33. The highest BCUT2D eigenvalue weighted by Gasteiger charge is 2.31. The van der Waals surface area contributed by atoms with Crippen LogP contribution in [0.4, 0.5) is 17.5 Å². The Morgan fingerprint density at radius 3 is 2.53 bits per heavy atom. The molecule has 5 rings (SSSR count). The van der Waals surface area contributed by atoms with Crippen molar-refractivity contribution in [2.24, 2.45) is 5.92 Å². The van der Waals surface area contributed by atoms with Gasteiger partial charge in [0.2, 0.25) is 5.95 Å². The second-order valence-corrected chi connectivity index (χ2v) is 8.74. The number of anilines is 3. The number of ether oxygens (including phenoxy) is 1. The molecular weight excluding hydrogens is 434 g/mol. The van der Waals surface area contributed by atoms with E-state index in [2.05, 4.69) is 17.1 Å². The first-order valence-electron chi connectivity index (χ1n) is 11.4. The van der Waals surface area contributed by atoms with E-state index >= 15 is 0 Å². The molecule has 9 heteroatoms. The van der Waals surface area contributed by atoms with Gasteiger partial charge in [0, 0.05) is 38.3 Å². The summed E-state index contributed by atoms with van der Waals surface area (Å²) < 4.78 is 10.5. The van der Waals surface area contributed by atoms with E-state index in [9.17, 15) is 9.59 Å². The number of fused-ring (bicyclic) bond motifs is 1. The van der Waals surface area contributed by atoms with E-state index in [0.29, 0.717) is 55.7 Å². The fourth-order valence-electron chi connectivity index (χ4n) is 4.46. The van der Waals surface area contributed by atoms with Gasteiger partial charge in [0.25, 0.3) is 5.91 Å². The monoisotopic (exact) mass is 461 g/mol. The maximum atomic E-state index is 12.9. The number of nitrogens with one attached hydrogen (secondary N) is 1. The van der Waals surface area contributed by atoms with Crippen molar-refractivity contribution < 1.29 is 18.7 Å². The maximum Gasteiger partial charge on any atom is 0.289 e. The summed E-state index contributed by atoms with van der Waals surface area (Å²) in [4.78, 5) is 38.9. The number of hydrogen-bond acceptors (Lipinski definition) is 8. The molecule has 2 aliphatic rings. The predicted octanol–water partition coefficient (Wildman–Crippen LogP) is 3.55. The summed E-state index contributed by atoms with van der Waals surface area (Å²) in [6, 6.07) is 10.9. The van der Waals surface area contributed by atoms with Gasteiger partial charge in [-0.2, -0.15) is 4.98 Å². The van der Waals surface area contributed by atoms with Gasteiger partial charge < -0.3 is 24.3 Å². The van der Waals surface area contributed by atoms with Gasteiger partial charge in [-0.3, -0.25) is 9.59 Å². The highest BCUT2D eigenvalue weighted by Crippen LogP contribution is 2.32. The second-order valence-electron chi connectivity index (χ2n) is 8.74. The van der Waals surface area contributed by atoms with Crippen molar-refractivity contribution in [3.63, 3.8) is 0 Å². The summed E-state index contributed by atoms with van der Waals surface area (Å²) in [5.41, 5.74) is 2.16. The van der Waals surface area contributed by atoms with Crippen LogP contribution in [-0.2, 0) is 6.42 Å². The van der Waals surface area contributed by atoms with Crippen LogP contribution in [0.1, 0.15) is 40.0 Å². The molecule has 1 fully saturated rings. The molecule has 0 radical (unpaired) electrons. The molecule has 176 valence electrons. The number of furan rings is 1. The van der Waals surface area contributed by atoms with Crippen LogP contribution in [0.25, 0.3) is 0 Å². The van der Waals surface area contributed by atoms with Gasteiger partial charge in [0.05, 0.1) is 24.6 Å². The summed E-state index contributed by atoms with van der Waals surface area (Å²) in [7, 11) is 1.62. The number of ketones is 1. The number of rotatable bonds is 5. The normalized spacial score (nSPS) is 17.9. The lowest BCUT2D eigenvalue weighted by molar-refractivity contribution is 0.0713. The van der Waals surface area contributed by atoms with Crippen molar-refractivity contribution in [1.82, 2.24) is 14.9 Å². The van der Waals surface area contributed by atoms with Crippen LogP contribution in [0.2, 0.25) is 0 Å². The Kier molecular flexibility index (Phi) is 5.91. The number of aromatic nitrogens is 2. The summed E-state index contributed by atoms with van der Waals surface area (Å²) in [5, 5.41) is 3.32. The lowest BCUT2D eigenvalue weighted by atomic mass is 9.87. The number of carbonyl (C=O) groups is 2. The molecule has 1 aromatic carbocycles. The Bertz CT molecular complexity index is 1180. The predicted molar refractivity (Wildman–Crippen MR) is 127 cm³/mol. The first-order valence-corrected chi connectivity index (χ1v) is 11.4. The van der Waals surface area contributed by atoms with Crippen LogP contribution in [0, 0.1) is 5.92 Å². The van der Waals surface area contributed by atoms with Crippen LogP contribution in [0.3, 0.4) is 0 Å². The SMILES string of the molecule is COc1ccc(Nc2nc(N3CCN(C(=O)c4ccco4)CC3)nc3c2C(=O)CC(C)C3)cc1. The molecule has 2 aromatic heterocycles. The number of methoxy groups -OCH3 is 1. The van der Waals surface area contributed by atoms with E-state index in [1.54, 1.807) is 24.1 Å². The van der Waals surface area contributed by atoms with Gasteiger partial charge in [-0.05, 0) is 48.7 Å². The fraction of sp³-hybridized carbons (Fsp3) is 0.360. The lowest BCUT2D eigenvalue weighted by Gasteiger charge is -2.35. The van der Waals surface area contributed by atoms with Gasteiger partial charge in [0.15, 0.2) is 11.5 Å². The van der Waals surface area contributed by atoms with Crippen LogP contribution in [0.15, 0.2) is 47.1 Å². The van der Waals surface area contributed by atoms with E-state index in [0.717, 1.165) is 23.6 Å². The molecule has 0 spiro atoms. The maximum absolute atomic E-state index is 12.9. The molecule has 9 nitrogen and oxygen atoms in total. The van der Waals surface area contributed by atoms with E-state index < -0.39 is 0 Å². The van der Waals surface area contributed by atoms with Crippen molar-refractivity contribution in [2.45, 2.75) is 19.8 Å². The van der Waals surface area contributed by atoms with Gasteiger partial charge >= 0.3 is 0 Å². The smallest absolute Gasteiger partial charge is 0.289 e. The van der Waals surface area contributed by atoms with Gasteiger partial charge in [-0.1, -0.05) is 6.92 Å². The summed E-state index contributed by atoms with van der Waals surface area (Å²) >= 11 is 0. The molecule has 1 saturated heterocycles. The van der Waals surface area contributed by atoms with Crippen molar-refractivity contribution in [1.29, 1.82) is 0 Å². The number of hydrogen-bond donors (Lipinski definition) is 1. The molecule has 1 aliphatic carbocycles. The number of piperazine rings is 1. The first-order chi connectivity index (χ1) is 16.5. The minimum absolute atomic E-state index is 0.0603. The highest BCUT2D eigenvalue weighted by atomic mass is 16.5. The minimum atomic E-state index is -0.114. The Balaban J connectivity index is 1.40. The minimum Gasteiger partial charge on any atom is -0.497 e. The standard InChI is InChI=1S/C25H27N5O4/c1-16-14-19-22(20(31)15-16)23(26-17-5-7-18(33-2)8-6-17)28-25(27-19)30-11-9-29(10-12-30)24(32)21-4-3-13-34-21/h3-8,13,16H,9-12,14-15H2,1-2H3,(H,26,27,28). The summed E-state index contributed by atoms with van der Waals surface area (Å²) in [5.74, 6) is 2.37. The molecule has 1 N–H and O–H groups in total. The fourth-order valence-corrected chi connectivity index (χ4v) is 4.46. The zero-order valence-electron chi connectivity index (χ0n) is 19.3. The zero-order chi connectivity index (χ0) is 23.7. The number of benzene rings is 1. The molecule has 1 amide bonds. The average molecular weight is 462 g/mol. The number of Topliss-reactive ketones (excluding diaryl/α,β-unsaturated/α-hetero) is 1. The van der Waals surface area contributed by atoms with Crippen molar-refractivity contribution in [3.05, 3.63) is 59.7 Å². The molecule has 0 bridgehead atoms. The lowest BCUT2D eigenvalue weighted by Crippen LogP contribution is -2.49. The molecule has 0 saturated carbocycles. The topological polar surface area (TPSA) is 101 Å². The van der Waals surface area contributed by atoms with Crippen LogP contribution in [0.5, 0.6) is 5.75 Å². The van der Waals surface area contributed by atoms with Gasteiger partial charge in [0.1, 0.15) is 11.6 Å². The highest BCUT2D eigenvalue weighted by molar-refractivity contribution is 6.03. The van der Waals surface area contributed by atoms with Crippen LogP contribution in [-0.4, -0.2) is 59.8 Å². The molecule has 3 aromatic rings. The van der Waals surface area contributed by atoms with E-state index in [4.69, 9.17) is 19.1 Å². The molecule has 1 aliphatic heterocycles. The van der Waals surface area contributed by atoms with Gasteiger partial charge in [-0.25, -0.2) is 4.98 Å². The first kappa shape index (κ1) is 21.9. The second kappa shape index (κ2) is 9.17. The third kappa shape index (κ3) is 4.33. The molecule has 1 atom stereocenters. The number of amides is 1. The van der Waals surface area contributed by atoms with Crippen molar-refractivity contribution in [3.8, 4) is 5.75 Å². The Labute approximate surface area is 197 Å². The summed E-state index contributed by atoms with van der Waals surface area (Å²) in [6.07, 6.45) is 2.72. The average Bonchev–Trinajstić information content (AvgIpc) is 3.38. The molecular formula is C25H27N5O4. The van der Waals surface area contributed by atoms with E-state index in [-0.39, 0.29) is 17.6 Å². The van der Waals surface area contributed by atoms with Gasteiger partial charge in [-0.15, -0.1) is 0 Å². The quantitative estimate of drug-likeness (QED) is 0.616. The largest absolute Gasteiger partial charge is 0.497 e. The number of carbonyl (C=O) groups excluding carboxylic acids is 2. The molecule has 34 heavy (non-hydrogen) atoms. The van der Waals surface area contributed by atoms with Crippen molar-refractivity contribution in [2.75, 3.05) is 43.5 Å². The van der Waals surface area contributed by atoms with E-state index in [1.807, 2.05) is 24.3 Å². The van der Waals surface area contributed by atoms with Crippen LogP contribution >= 0.6 is 0 Å². The third-order valence-corrected chi connectivity index (χ3v) is 6.26. The Morgan fingerprint density at radius 2 is 1.85 bits per heavy atom. The molecule has 3 heterocycles. The number of nitrogens with zero attached hydrogens (tertiary/aromatic N) is 4.